The van der Waals surface area contributed by atoms with Crippen molar-refractivity contribution < 1.29 is 28.5 Å². The second kappa shape index (κ2) is 9.95. The summed E-state index contributed by atoms with van der Waals surface area (Å²) in [4.78, 5) is 26.9. The van der Waals surface area contributed by atoms with E-state index in [1.54, 1.807) is 78.7 Å². The van der Waals surface area contributed by atoms with E-state index in [-0.39, 0.29) is 25.0 Å². The fourth-order valence-corrected chi connectivity index (χ4v) is 3.48. The van der Waals surface area contributed by atoms with Gasteiger partial charge in [0.05, 0.1) is 32.0 Å². The van der Waals surface area contributed by atoms with Gasteiger partial charge in [-0.2, -0.15) is 0 Å². The van der Waals surface area contributed by atoms with Crippen LogP contribution in [-0.2, 0) is 4.79 Å². The quantitative estimate of drug-likeness (QED) is 0.565. The lowest BCUT2D eigenvalue weighted by Gasteiger charge is -2.29. The van der Waals surface area contributed by atoms with E-state index in [4.69, 9.17) is 18.9 Å². The molecule has 0 radical (unpaired) electrons. The number of nitrogens with zero attached hydrogens (tertiary/aromatic N) is 1. The minimum atomic E-state index is -0.315. The van der Waals surface area contributed by atoms with Crippen LogP contribution in [0.5, 0.6) is 23.0 Å². The second-order valence-electron chi connectivity index (χ2n) is 7.19. The summed E-state index contributed by atoms with van der Waals surface area (Å²) in [5, 5.41) is 2.86. The Bertz CT molecular complexity index is 1150. The molecule has 3 aromatic rings. The molecule has 2 amide bonds. The number of fused-ring (bicyclic) bond motifs is 1. The first kappa shape index (κ1) is 22.0. The molecular weight excluding hydrogens is 424 g/mol. The maximum Gasteiger partial charge on any atom is 0.265 e. The van der Waals surface area contributed by atoms with Gasteiger partial charge in [-0.1, -0.05) is 12.1 Å². The summed E-state index contributed by atoms with van der Waals surface area (Å²) in [5.74, 6) is 1.95. The van der Waals surface area contributed by atoms with Crippen molar-refractivity contribution in [2.24, 2.45) is 0 Å². The molecule has 170 valence electrons. The molecule has 0 aromatic heterocycles. The van der Waals surface area contributed by atoms with Gasteiger partial charge < -0.3 is 29.2 Å². The normalized spacial score (nSPS) is 12.4. The van der Waals surface area contributed by atoms with E-state index in [1.165, 1.54) is 7.11 Å². The predicted molar refractivity (Wildman–Crippen MR) is 124 cm³/mol. The molecule has 8 nitrogen and oxygen atoms in total. The molecule has 0 spiro atoms. The smallest absolute Gasteiger partial charge is 0.265 e. The molecule has 4 rings (SSSR count). The molecule has 1 aliphatic heterocycles. The zero-order chi connectivity index (χ0) is 23.2. The summed E-state index contributed by atoms with van der Waals surface area (Å²) in [5.41, 5.74) is 1.52. The molecule has 3 aromatic carbocycles. The lowest BCUT2D eigenvalue weighted by molar-refractivity contribution is -0.121. The summed E-state index contributed by atoms with van der Waals surface area (Å²) in [6, 6.07) is 19.4. The standard InChI is InChI=1S/C25H24N2O6/c1-30-18-8-10-19(11-9-18)32-14-13-27-21-15-17(7-12-23(21)33-16-24(27)28)26-25(29)20-5-3-4-6-22(20)31-2/h3-12,15H,13-14,16H2,1-2H3,(H,26,29). The van der Waals surface area contributed by atoms with Gasteiger partial charge >= 0.3 is 0 Å². The Kier molecular flexibility index (Phi) is 6.64. The summed E-state index contributed by atoms with van der Waals surface area (Å²) >= 11 is 0. The zero-order valence-corrected chi connectivity index (χ0v) is 18.4. The first-order chi connectivity index (χ1) is 16.1. The van der Waals surface area contributed by atoms with Gasteiger partial charge in [-0.15, -0.1) is 0 Å². The van der Waals surface area contributed by atoms with Crippen LogP contribution in [0, 0.1) is 0 Å². The first-order valence-corrected chi connectivity index (χ1v) is 10.4. The third-order valence-electron chi connectivity index (χ3n) is 5.15. The van der Waals surface area contributed by atoms with Crippen molar-refractivity contribution >= 4 is 23.2 Å². The van der Waals surface area contributed by atoms with Crippen LogP contribution in [0.25, 0.3) is 0 Å². The van der Waals surface area contributed by atoms with Gasteiger partial charge in [-0.3, -0.25) is 9.59 Å². The van der Waals surface area contributed by atoms with Gasteiger partial charge in [-0.25, -0.2) is 0 Å². The number of hydrogen-bond acceptors (Lipinski definition) is 6. The van der Waals surface area contributed by atoms with E-state index in [9.17, 15) is 9.59 Å². The van der Waals surface area contributed by atoms with Gasteiger partial charge in [-0.05, 0) is 54.6 Å². The average molecular weight is 448 g/mol. The molecule has 0 aliphatic carbocycles. The number of ether oxygens (including phenoxy) is 4. The van der Waals surface area contributed by atoms with E-state index in [1.807, 2.05) is 0 Å². The monoisotopic (exact) mass is 448 g/mol. The number of para-hydroxylation sites is 1. The molecule has 33 heavy (non-hydrogen) atoms. The molecule has 0 bridgehead atoms. The predicted octanol–water partition coefficient (Wildman–Crippen LogP) is 3.76. The molecule has 0 fully saturated rings. The SMILES string of the molecule is COc1ccc(OCCN2C(=O)COc3ccc(NC(=O)c4ccccc4OC)cc32)cc1. The molecule has 8 heteroatoms. The lowest BCUT2D eigenvalue weighted by Crippen LogP contribution is -2.41. The highest BCUT2D eigenvalue weighted by atomic mass is 16.5. The molecule has 0 atom stereocenters. The Morgan fingerprint density at radius 1 is 1.00 bits per heavy atom. The minimum Gasteiger partial charge on any atom is -0.497 e. The molecule has 1 N–H and O–H groups in total. The van der Waals surface area contributed by atoms with Gasteiger partial charge in [0.25, 0.3) is 11.8 Å². The van der Waals surface area contributed by atoms with Crippen LogP contribution in [0.15, 0.2) is 66.7 Å². The fraction of sp³-hybridized carbons (Fsp3) is 0.200. The third-order valence-corrected chi connectivity index (χ3v) is 5.15. The van der Waals surface area contributed by atoms with E-state index in [0.717, 1.165) is 5.75 Å². The lowest BCUT2D eigenvalue weighted by atomic mass is 10.1. The van der Waals surface area contributed by atoms with Crippen LogP contribution in [0.3, 0.4) is 0 Å². The van der Waals surface area contributed by atoms with E-state index >= 15 is 0 Å². The number of carbonyl (C=O) groups excluding carboxylic acids is 2. The number of carbonyl (C=O) groups is 2. The van der Waals surface area contributed by atoms with Crippen molar-refractivity contribution in [1.82, 2.24) is 0 Å². The highest BCUT2D eigenvalue weighted by Gasteiger charge is 2.26. The van der Waals surface area contributed by atoms with Crippen LogP contribution in [0.2, 0.25) is 0 Å². The Morgan fingerprint density at radius 2 is 1.76 bits per heavy atom. The summed E-state index contributed by atoms with van der Waals surface area (Å²) in [6.07, 6.45) is 0. The van der Waals surface area contributed by atoms with Crippen molar-refractivity contribution in [3.8, 4) is 23.0 Å². The number of nitrogens with one attached hydrogen (secondary N) is 1. The van der Waals surface area contributed by atoms with E-state index in [0.29, 0.717) is 40.7 Å². The molecule has 0 saturated carbocycles. The van der Waals surface area contributed by atoms with Crippen LogP contribution in [0.1, 0.15) is 10.4 Å². The Hall–Kier alpha value is -4.20. The highest BCUT2D eigenvalue weighted by Crippen LogP contribution is 2.35. The number of amides is 2. The largest absolute Gasteiger partial charge is 0.497 e. The summed E-state index contributed by atoms with van der Waals surface area (Å²) in [6.45, 7) is 0.558. The molecule has 0 unspecified atom stereocenters. The van der Waals surface area contributed by atoms with Crippen molar-refractivity contribution in [1.29, 1.82) is 0 Å². The van der Waals surface area contributed by atoms with Gasteiger partial charge in [0.1, 0.15) is 29.6 Å². The first-order valence-electron chi connectivity index (χ1n) is 10.4. The molecule has 0 saturated heterocycles. The van der Waals surface area contributed by atoms with Crippen LogP contribution < -0.4 is 29.2 Å². The number of methoxy groups -OCH3 is 2. The van der Waals surface area contributed by atoms with Crippen LogP contribution in [0.4, 0.5) is 11.4 Å². The van der Waals surface area contributed by atoms with Crippen molar-refractivity contribution in [3.63, 3.8) is 0 Å². The van der Waals surface area contributed by atoms with Crippen molar-refractivity contribution in [2.45, 2.75) is 0 Å². The molecule has 1 heterocycles. The van der Waals surface area contributed by atoms with Gasteiger partial charge in [0, 0.05) is 5.69 Å². The topological polar surface area (TPSA) is 86.3 Å². The zero-order valence-electron chi connectivity index (χ0n) is 18.4. The Labute approximate surface area is 191 Å². The maximum absolute atomic E-state index is 12.8. The van der Waals surface area contributed by atoms with Gasteiger partial charge in [0.15, 0.2) is 6.61 Å². The number of benzene rings is 3. The summed E-state index contributed by atoms with van der Waals surface area (Å²) < 4.78 is 21.7. The van der Waals surface area contributed by atoms with Crippen molar-refractivity contribution in [3.05, 3.63) is 72.3 Å². The van der Waals surface area contributed by atoms with E-state index < -0.39 is 0 Å². The highest BCUT2D eigenvalue weighted by molar-refractivity contribution is 6.07. The van der Waals surface area contributed by atoms with Crippen molar-refractivity contribution in [2.75, 3.05) is 44.2 Å². The third kappa shape index (κ3) is 5.01. The average Bonchev–Trinajstić information content (AvgIpc) is 2.85. The maximum atomic E-state index is 12.8. The second-order valence-corrected chi connectivity index (χ2v) is 7.19. The molecule has 1 aliphatic rings. The van der Waals surface area contributed by atoms with E-state index in [2.05, 4.69) is 5.32 Å². The Balaban J connectivity index is 1.47. The fourth-order valence-electron chi connectivity index (χ4n) is 3.48. The number of anilines is 2. The molecular formula is C25H24N2O6. The minimum absolute atomic E-state index is 0.0531. The van der Waals surface area contributed by atoms with Crippen LogP contribution >= 0.6 is 0 Å². The summed E-state index contributed by atoms with van der Waals surface area (Å²) in [7, 11) is 3.12. The Morgan fingerprint density at radius 3 is 2.52 bits per heavy atom. The number of hydrogen-bond donors (Lipinski definition) is 1. The van der Waals surface area contributed by atoms with Crippen LogP contribution in [-0.4, -0.2) is 45.8 Å². The van der Waals surface area contributed by atoms with Gasteiger partial charge in [0.2, 0.25) is 0 Å². The number of rotatable bonds is 8.